The van der Waals surface area contributed by atoms with Crippen LogP contribution in [0.1, 0.15) is 40.0 Å². The predicted octanol–water partition coefficient (Wildman–Crippen LogP) is 1.20. The van der Waals surface area contributed by atoms with E-state index in [1.807, 2.05) is 5.48 Å². The summed E-state index contributed by atoms with van der Waals surface area (Å²) in [4.78, 5) is 22.4. The lowest BCUT2D eigenvalue weighted by Crippen LogP contribution is -2.36. The van der Waals surface area contributed by atoms with Crippen molar-refractivity contribution in [2.45, 2.75) is 51.7 Å². The smallest absolute Gasteiger partial charge is 0.407 e. The Morgan fingerprint density at radius 3 is 2.37 bits per heavy atom. The van der Waals surface area contributed by atoms with Gasteiger partial charge in [-0.1, -0.05) is 0 Å². The van der Waals surface area contributed by atoms with E-state index in [2.05, 4.69) is 10.1 Å². The van der Waals surface area contributed by atoms with Gasteiger partial charge in [-0.15, -0.1) is 0 Å². The van der Waals surface area contributed by atoms with Crippen molar-refractivity contribution < 1.29 is 24.3 Å². The molecule has 0 saturated carbocycles. The minimum absolute atomic E-state index is 0.430. The van der Waals surface area contributed by atoms with E-state index in [-0.39, 0.29) is 0 Å². The third-order valence-electron chi connectivity index (χ3n) is 2.23. The Kier molecular flexibility index (Phi) is 8.09. The van der Waals surface area contributed by atoms with Crippen LogP contribution in [0.2, 0.25) is 0 Å². The largest absolute Gasteiger partial charge is 0.468 e. The van der Waals surface area contributed by atoms with E-state index in [4.69, 9.17) is 9.94 Å². The van der Waals surface area contributed by atoms with Crippen molar-refractivity contribution >= 4 is 12.1 Å². The van der Waals surface area contributed by atoms with Crippen molar-refractivity contribution in [3.05, 3.63) is 0 Å². The standard InChI is InChI=1S/C12H24N2O5/c1-12(2,3)19-11(16)13-8-6-5-7-9(14-17)10(15)18-4/h9,14,17H,5-8H2,1-4H3,(H,13,16)/t9-/m0/s1. The van der Waals surface area contributed by atoms with E-state index in [0.29, 0.717) is 25.8 Å². The molecular formula is C12H24N2O5. The maximum atomic E-state index is 11.3. The number of alkyl carbamates (subject to hydrolysis) is 1. The van der Waals surface area contributed by atoms with Gasteiger partial charge in [-0.3, -0.25) is 4.79 Å². The summed E-state index contributed by atoms with van der Waals surface area (Å²) >= 11 is 0. The lowest BCUT2D eigenvalue weighted by atomic mass is 10.1. The van der Waals surface area contributed by atoms with Gasteiger partial charge in [0.2, 0.25) is 0 Å². The van der Waals surface area contributed by atoms with Crippen molar-refractivity contribution in [3.8, 4) is 0 Å². The van der Waals surface area contributed by atoms with Gasteiger partial charge >= 0.3 is 12.1 Å². The second kappa shape index (κ2) is 8.71. The highest BCUT2D eigenvalue weighted by atomic mass is 16.6. The minimum atomic E-state index is -0.730. The number of hydroxylamine groups is 1. The number of methoxy groups -OCH3 is 1. The number of esters is 1. The summed E-state index contributed by atoms with van der Waals surface area (Å²) in [7, 11) is 1.26. The molecule has 1 atom stereocenters. The van der Waals surface area contributed by atoms with Crippen molar-refractivity contribution in [3.63, 3.8) is 0 Å². The van der Waals surface area contributed by atoms with E-state index in [0.717, 1.165) is 0 Å². The van der Waals surface area contributed by atoms with Crippen LogP contribution in [0.3, 0.4) is 0 Å². The number of carbonyl (C=O) groups excluding carboxylic acids is 2. The van der Waals surface area contributed by atoms with Crippen molar-refractivity contribution in [1.29, 1.82) is 0 Å². The van der Waals surface area contributed by atoms with Gasteiger partial charge in [0.25, 0.3) is 0 Å². The number of amides is 1. The zero-order chi connectivity index (χ0) is 14.9. The Bertz CT molecular complexity index is 288. The van der Waals surface area contributed by atoms with Crippen LogP contribution in [0.4, 0.5) is 4.79 Å². The van der Waals surface area contributed by atoms with Crippen molar-refractivity contribution in [2.24, 2.45) is 0 Å². The molecule has 0 aromatic carbocycles. The highest BCUT2D eigenvalue weighted by molar-refractivity contribution is 5.75. The van der Waals surface area contributed by atoms with E-state index < -0.39 is 23.7 Å². The fourth-order valence-corrected chi connectivity index (χ4v) is 1.36. The Morgan fingerprint density at radius 2 is 1.89 bits per heavy atom. The number of carbonyl (C=O) groups is 2. The molecule has 0 aliphatic carbocycles. The normalized spacial score (nSPS) is 12.7. The molecule has 7 heteroatoms. The zero-order valence-corrected chi connectivity index (χ0v) is 12.0. The first-order valence-electron chi connectivity index (χ1n) is 6.24. The molecule has 0 saturated heterocycles. The zero-order valence-electron chi connectivity index (χ0n) is 12.0. The Hall–Kier alpha value is -1.34. The van der Waals surface area contributed by atoms with E-state index in [9.17, 15) is 9.59 Å². The molecule has 112 valence electrons. The number of ether oxygens (including phenoxy) is 2. The highest BCUT2D eigenvalue weighted by Crippen LogP contribution is 2.06. The second-order valence-corrected chi connectivity index (χ2v) is 5.13. The van der Waals surface area contributed by atoms with E-state index in [1.165, 1.54) is 7.11 Å². The molecule has 7 nitrogen and oxygen atoms in total. The van der Waals surface area contributed by atoms with Crippen LogP contribution >= 0.6 is 0 Å². The topological polar surface area (TPSA) is 96.9 Å². The van der Waals surface area contributed by atoms with Gasteiger partial charge in [-0.2, -0.15) is 5.48 Å². The Morgan fingerprint density at radius 1 is 1.26 bits per heavy atom. The van der Waals surface area contributed by atoms with Crippen molar-refractivity contribution in [2.75, 3.05) is 13.7 Å². The number of nitrogens with one attached hydrogen (secondary N) is 2. The number of rotatable bonds is 7. The van der Waals surface area contributed by atoms with Gasteiger partial charge in [0.1, 0.15) is 11.6 Å². The first-order chi connectivity index (χ1) is 8.80. The van der Waals surface area contributed by atoms with Gasteiger partial charge < -0.3 is 20.0 Å². The van der Waals surface area contributed by atoms with Gasteiger partial charge in [0.05, 0.1) is 7.11 Å². The highest BCUT2D eigenvalue weighted by Gasteiger charge is 2.18. The maximum absolute atomic E-state index is 11.3. The molecule has 0 unspecified atom stereocenters. The van der Waals surface area contributed by atoms with Crippen LogP contribution in [-0.4, -0.2) is 42.6 Å². The van der Waals surface area contributed by atoms with Gasteiger partial charge in [0.15, 0.2) is 0 Å². The second-order valence-electron chi connectivity index (χ2n) is 5.13. The molecule has 0 aromatic rings. The number of hydrogen-bond acceptors (Lipinski definition) is 6. The molecule has 0 aliphatic heterocycles. The molecule has 19 heavy (non-hydrogen) atoms. The summed E-state index contributed by atoms with van der Waals surface area (Å²) in [6.45, 7) is 5.83. The average molecular weight is 276 g/mol. The molecule has 1 amide bonds. The third-order valence-corrected chi connectivity index (χ3v) is 2.23. The SMILES string of the molecule is COC(=O)[C@H](CCCCNC(=O)OC(C)(C)C)NO. The van der Waals surface area contributed by atoms with Crippen LogP contribution in [0.15, 0.2) is 0 Å². The third kappa shape index (κ3) is 9.26. The first-order valence-corrected chi connectivity index (χ1v) is 6.24. The summed E-state index contributed by atoms with van der Waals surface area (Å²) < 4.78 is 9.57. The van der Waals surface area contributed by atoms with E-state index >= 15 is 0 Å². The summed E-state index contributed by atoms with van der Waals surface area (Å²) in [5.41, 5.74) is 1.38. The lowest BCUT2D eigenvalue weighted by Gasteiger charge is -2.19. The predicted molar refractivity (Wildman–Crippen MR) is 68.8 cm³/mol. The Labute approximate surface area is 113 Å². The van der Waals surface area contributed by atoms with Crippen LogP contribution < -0.4 is 10.8 Å². The maximum Gasteiger partial charge on any atom is 0.407 e. The Balaban J connectivity index is 3.70. The summed E-state index contributed by atoms with van der Waals surface area (Å²) in [6, 6.07) is -0.730. The molecule has 0 aromatic heterocycles. The van der Waals surface area contributed by atoms with Crippen LogP contribution in [-0.2, 0) is 14.3 Å². The molecule has 0 spiro atoms. The van der Waals surface area contributed by atoms with Gasteiger partial charge in [-0.05, 0) is 40.0 Å². The molecular weight excluding hydrogens is 252 g/mol. The average Bonchev–Trinajstić information content (AvgIpc) is 2.30. The molecule has 0 rings (SSSR count). The summed E-state index contributed by atoms with van der Waals surface area (Å²) in [5, 5.41) is 11.4. The van der Waals surface area contributed by atoms with Crippen LogP contribution in [0.25, 0.3) is 0 Å². The minimum Gasteiger partial charge on any atom is -0.468 e. The summed E-state index contributed by atoms with van der Waals surface area (Å²) in [5.74, 6) is -0.511. The van der Waals surface area contributed by atoms with E-state index in [1.54, 1.807) is 20.8 Å². The molecule has 0 radical (unpaired) electrons. The molecule has 3 N–H and O–H groups in total. The number of unbranched alkanes of at least 4 members (excludes halogenated alkanes) is 1. The first kappa shape index (κ1) is 17.7. The van der Waals surface area contributed by atoms with Gasteiger partial charge in [0, 0.05) is 6.54 Å². The summed E-state index contributed by atoms with van der Waals surface area (Å²) in [6.07, 6.45) is 1.30. The fourth-order valence-electron chi connectivity index (χ4n) is 1.36. The van der Waals surface area contributed by atoms with Crippen LogP contribution in [0.5, 0.6) is 0 Å². The molecule has 0 heterocycles. The monoisotopic (exact) mass is 276 g/mol. The van der Waals surface area contributed by atoms with Crippen molar-refractivity contribution in [1.82, 2.24) is 10.8 Å². The lowest BCUT2D eigenvalue weighted by molar-refractivity contribution is -0.146. The molecule has 0 fully saturated rings. The van der Waals surface area contributed by atoms with Crippen LogP contribution in [0, 0.1) is 0 Å². The fraction of sp³-hybridized carbons (Fsp3) is 0.833. The quantitative estimate of drug-likeness (QED) is 0.367. The number of hydrogen-bond donors (Lipinski definition) is 3. The van der Waals surface area contributed by atoms with Gasteiger partial charge in [-0.25, -0.2) is 4.79 Å². The molecule has 0 aliphatic rings. The molecule has 0 bridgehead atoms.